The molecule has 2 aromatic rings. The van der Waals surface area contributed by atoms with Crippen LogP contribution < -0.4 is 15.8 Å². The third kappa shape index (κ3) is 4.40. The summed E-state index contributed by atoms with van der Waals surface area (Å²) in [4.78, 5) is 16.2. The fourth-order valence-corrected chi connectivity index (χ4v) is 1.84. The predicted octanol–water partition coefficient (Wildman–Crippen LogP) is 2.65. The highest BCUT2D eigenvalue weighted by Gasteiger charge is 2.10. The van der Waals surface area contributed by atoms with Gasteiger partial charge in [0, 0.05) is 24.1 Å². The number of amides is 1. The highest BCUT2D eigenvalue weighted by Crippen LogP contribution is 2.20. The van der Waals surface area contributed by atoms with Gasteiger partial charge in [-0.15, -0.1) is 0 Å². The fraction of sp³-hybridized carbons (Fsp3) is 0.0714. The summed E-state index contributed by atoms with van der Waals surface area (Å²) < 4.78 is 5.37. The van der Waals surface area contributed by atoms with Gasteiger partial charge >= 0.3 is 0 Å². The Hall–Kier alpha value is -2.18. The maximum Gasteiger partial charge on any atom is 0.257 e. The van der Waals surface area contributed by atoms with Gasteiger partial charge in [0.2, 0.25) is 0 Å². The molecule has 0 saturated heterocycles. The van der Waals surface area contributed by atoms with Crippen LogP contribution in [0.5, 0.6) is 5.75 Å². The Morgan fingerprint density at radius 3 is 2.95 bits per heavy atom. The van der Waals surface area contributed by atoms with E-state index in [4.69, 9.17) is 34.3 Å². The molecule has 1 heterocycles. The predicted molar refractivity (Wildman–Crippen MR) is 85.9 cm³/mol. The van der Waals surface area contributed by atoms with Gasteiger partial charge in [0.25, 0.3) is 5.91 Å². The molecule has 3 N–H and O–H groups in total. The van der Waals surface area contributed by atoms with Crippen molar-refractivity contribution in [1.82, 2.24) is 4.98 Å². The van der Waals surface area contributed by atoms with Crippen LogP contribution in [0.2, 0.25) is 5.02 Å². The molecule has 0 aliphatic rings. The highest BCUT2D eigenvalue weighted by molar-refractivity contribution is 7.80. The van der Waals surface area contributed by atoms with Crippen LogP contribution in [0.3, 0.4) is 0 Å². The number of benzene rings is 1. The van der Waals surface area contributed by atoms with Gasteiger partial charge < -0.3 is 15.8 Å². The van der Waals surface area contributed by atoms with E-state index in [2.05, 4.69) is 10.3 Å². The lowest BCUT2D eigenvalue weighted by Gasteiger charge is -2.09. The number of ether oxygens (including phenoxy) is 1. The van der Waals surface area contributed by atoms with Gasteiger partial charge in [-0.2, -0.15) is 0 Å². The maximum absolute atomic E-state index is 12.1. The quantitative estimate of drug-likeness (QED) is 0.828. The van der Waals surface area contributed by atoms with Gasteiger partial charge in [0.15, 0.2) is 0 Å². The lowest BCUT2D eigenvalue weighted by Crippen LogP contribution is -2.18. The van der Waals surface area contributed by atoms with Crippen LogP contribution in [0, 0.1) is 0 Å². The van der Waals surface area contributed by atoms with Crippen LogP contribution in [0.1, 0.15) is 10.4 Å². The SMILES string of the molecule is NC(=S)COc1cccc(NC(=O)c2ccncc2Cl)c1. The number of hydrogen-bond acceptors (Lipinski definition) is 4. The van der Waals surface area contributed by atoms with E-state index in [1.807, 2.05) is 0 Å². The van der Waals surface area contributed by atoms with Gasteiger partial charge in [-0.3, -0.25) is 9.78 Å². The van der Waals surface area contributed by atoms with E-state index < -0.39 is 0 Å². The van der Waals surface area contributed by atoms with Gasteiger partial charge in [0.1, 0.15) is 17.3 Å². The maximum atomic E-state index is 12.1. The molecule has 0 aliphatic carbocycles. The Morgan fingerprint density at radius 2 is 2.24 bits per heavy atom. The summed E-state index contributed by atoms with van der Waals surface area (Å²) in [6, 6.07) is 8.45. The monoisotopic (exact) mass is 321 g/mol. The van der Waals surface area contributed by atoms with Crippen molar-refractivity contribution >= 4 is 40.4 Å². The summed E-state index contributed by atoms with van der Waals surface area (Å²) in [5, 5.41) is 3.02. The molecule has 1 aromatic heterocycles. The Labute approximate surface area is 132 Å². The zero-order chi connectivity index (χ0) is 15.2. The van der Waals surface area contributed by atoms with E-state index in [0.29, 0.717) is 17.0 Å². The normalized spacial score (nSPS) is 9.95. The van der Waals surface area contributed by atoms with Crippen LogP contribution in [0.15, 0.2) is 42.7 Å². The van der Waals surface area contributed by atoms with E-state index in [1.165, 1.54) is 12.4 Å². The number of carbonyl (C=O) groups is 1. The molecule has 0 saturated carbocycles. The molecule has 0 radical (unpaired) electrons. The van der Waals surface area contributed by atoms with Gasteiger partial charge in [0.05, 0.1) is 10.6 Å². The Kier molecular flexibility index (Phi) is 5.08. The van der Waals surface area contributed by atoms with E-state index in [0.717, 1.165) is 0 Å². The number of thiocarbonyl (C=S) groups is 1. The zero-order valence-electron chi connectivity index (χ0n) is 10.9. The molecule has 5 nitrogen and oxygen atoms in total. The number of hydrogen-bond donors (Lipinski definition) is 2. The summed E-state index contributed by atoms with van der Waals surface area (Å²) >= 11 is 10.7. The first-order chi connectivity index (χ1) is 10.1. The average Bonchev–Trinajstić information content (AvgIpc) is 2.46. The number of halogens is 1. The molecule has 7 heteroatoms. The Morgan fingerprint density at radius 1 is 1.43 bits per heavy atom. The van der Waals surface area contributed by atoms with Crippen molar-refractivity contribution in [2.75, 3.05) is 11.9 Å². The molecule has 1 amide bonds. The van der Waals surface area contributed by atoms with Crippen LogP contribution in [-0.4, -0.2) is 22.5 Å². The average molecular weight is 322 g/mol. The van der Waals surface area contributed by atoms with Crippen LogP contribution >= 0.6 is 23.8 Å². The van der Waals surface area contributed by atoms with Crippen molar-refractivity contribution in [3.05, 3.63) is 53.3 Å². The highest BCUT2D eigenvalue weighted by atomic mass is 35.5. The molecule has 0 fully saturated rings. The van der Waals surface area contributed by atoms with Crippen molar-refractivity contribution in [3.8, 4) is 5.75 Å². The van der Waals surface area contributed by atoms with Gasteiger partial charge in [-0.25, -0.2) is 0 Å². The van der Waals surface area contributed by atoms with Crippen LogP contribution in [0.4, 0.5) is 5.69 Å². The second-order valence-corrected chi connectivity index (χ2v) is 5.02. The van der Waals surface area contributed by atoms with Crippen LogP contribution in [0.25, 0.3) is 0 Å². The minimum Gasteiger partial charge on any atom is -0.486 e. The molecule has 108 valence electrons. The molecule has 0 atom stereocenters. The summed E-state index contributed by atoms with van der Waals surface area (Å²) in [6.07, 6.45) is 2.92. The molecule has 21 heavy (non-hydrogen) atoms. The lowest BCUT2D eigenvalue weighted by molar-refractivity contribution is 0.102. The van der Waals surface area contributed by atoms with Crippen molar-refractivity contribution < 1.29 is 9.53 Å². The molecule has 2 rings (SSSR count). The number of pyridine rings is 1. The minimum atomic E-state index is -0.325. The van der Waals surface area contributed by atoms with E-state index >= 15 is 0 Å². The smallest absolute Gasteiger partial charge is 0.257 e. The first kappa shape index (κ1) is 15.2. The van der Waals surface area contributed by atoms with Crippen molar-refractivity contribution in [1.29, 1.82) is 0 Å². The third-order valence-corrected chi connectivity index (χ3v) is 2.91. The van der Waals surface area contributed by atoms with Gasteiger partial charge in [-0.1, -0.05) is 29.9 Å². The fourth-order valence-electron chi connectivity index (χ4n) is 1.58. The van der Waals surface area contributed by atoms with Crippen molar-refractivity contribution in [2.45, 2.75) is 0 Å². The zero-order valence-corrected chi connectivity index (χ0v) is 12.4. The number of aromatic nitrogens is 1. The number of anilines is 1. The minimum absolute atomic E-state index is 0.142. The number of nitrogens with two attached hydrogens (primary N) is 1. The summed E-state index contributed by atoms with van der Waals surface area (Å²) in [6.45, 7) is 0.142. The van der Waals surface area contributed by atoms with Crippen LogP contribution in [-0.2, 0) is 0 Å². The first-order valence-corrected chi connectivity index (χ1v) is 6.77. The molecule has 0 spiro atoms. The first-order valence-electron chi connectivity index (χ1n) is 5.98. The Bertz CT molecular complexity index is 679. The van der Waals surface area contributed by atoms with E-state index in [-0.39, 0.29) is 22.5 Å². The van der Waals surface area contributed by atoms with Gasteiger partial charge in [-0.05, 0) is 18.2 Å². The molecular formula is C14H12ClN3O2S. The number of carbonyl (C=O) groups excluding carboxylic acids is 1. The second-order valence-electron chi connectivity index (χ2n) is 4.09. The summed E-state index contributed by atoms with van der Waals surface area (Å²) in [5.41, 5.74) is 6.29. The lowest BCUT2D eigenvalue weighted by atomic mass is 10.2. The van der Waals surface area contributed by atoms with E-state index in [9.17, 15) is 4.79 Å². The molecule has 1 aromatic carbocycles. The third-order valence-electron chi connectivity index (χ3n) is 2.49. The molecule has 0 unspecified atom stereocenters. The second kappa shape index (κ2) is 7.01. The number of nitrogens with one attached hydrogen (secondary N) is 1. The van der Waals surface area contributed by atoms with E-state index in [1.54, 1.807) is 30.3 Å². The molecule has 0 aliphatic heterocycles. The number of nitrogens with zero attached hydrogens (tertiary/aromatic N) is 1. The number of rotatable bonds is 5. The summed E-state index contributed by atoms with van der Waals surface area (Å²) in [5.74, 6) is 0.232. The topological polar surface area (TPSA) is 77.2 Å². The molecule has 0 bridgehead atoms. The summed E-state index contributed by atoms with van der Waals surface area (Å²) in [7, 11) is 0. The standard InChI is InChI=1S/C14H12ClN3O2S/c15-12-7-17-5-4-11(12)14(19)18-9-2-1-3-10(6-9)20-8-13(16)21/h1-7H,8H2,(H2,16,21)(H,18,19). The largest absolute Gasteiger partial charge is 0.486 e. The van der Waals surface area contributed by atoms with Crippen molar-refractivity contribution in [2.24, 2.45) is 5.73 Å². The van der Waals surface area contributed by atoms with Crippen molar-refractivity contribution in [3.63, 3.8) is 0 Å². The Balaban J connectivity index is 2.09. The molecular weight excluding hydrogens is 310 g/mol.